The minimum absolute atomic E-state index is 0.0141. The van der Waals surface area contributed by atoms with Gasteiger partial charge in [-0.3, -0.25) is 4.79 Å². The van der Waals surface area contributed by atoms with Crippen LogP contribution in [0.1, 0.15) is 25.8 Å². The summed E-state index contributed by atoms with van der Waals surface area (Å²) in [6, 6.07) is 12.1. The summed E-state index contributed by atoms with van der Waals surface area (Å²) >= 11 is 3.26. The molecule has 0 aliphatic carbocycles. The van der Waals surface area contributed by atoms with Crippen molar-refractivity contribution < 1.29 is 22.7 Å². The number of nitrogens with one attached hydrogen (secondary N) is 2. The van der Waals surface area contributed by atoms with Crippen LogP contribution in [0, 0.1) is 0 Å². The van der Waals surface area contributed by atoms with Gasteiger partial charge in [-0.05, 0) is 44.2 Å². The summed E-state index contributed by atoms with van der Waals surface area (Å²) in [5, 5.41) is 2.72. The van der Waals surface area contributed by atoms with Crippen LogP contribution < -0.4 is 19.5 Å². The summed E-state index contributed by atoms with van der Waals surface area (Å²) in [5.74, 6) is 1.17. The number of sulfonamides is 1. The molecule has 7 nitrogen and oxygen atoms in total. The highest BCUT2D eigenvalue weighted by Crippen LogP contribution is 2.41. The number of hydrogen-bond donors (Lipinski definition) is 2. The maximum Gasteiger partial charge on any atom is 0.240 e. The Morgan fingerprint density at radius 2 is 1.90 bits per heavy atom. The van der Waals surface area contributed by atoms with Gasteiger partial charge in [0.2, 0.25) is 15.9 Å². The second-order valence-electron chi connectivity index (χ2n) is 7.58. The fourth-order valence-electron chi connectivity index (χ4n) is 3.14. The topological polar surface area (TPSA) is 93.7 Å². The average molecular weight is 497 g/mol. The van der Waals surface area contributed by atoms with Gasteiger partial charge < -0.3 is 14.8 Å². The Balaban J connectivity index is 1.38. The van der Waals surface area contributed by atoms with Crippen LogP contribution in [0.15, 0.2) is 51.8 Å². The minimum Gasteiger partial charge on any atom is -0.488 e. The highest BCUT2D eigenvalue weighted by atomic mass is 79.9. The maximum atomic E-state index is 12.2. The number of halogens is 1. The first-order valence-electron chi connectivity index (χ1n) is 9.62. The lowest BCUT2D eigenvalue weighted by molar-refractivity contribution is -0.121. The van der Waals surface area contributed by atoms with E-state index in [0.29, 0.717) is 12.3 Å². The summed E-state index contributed by atoms with van der Waals surface area (Å²) in [7, 11) is -3.64. The number of fused-ring (bicyclic) bond motifs is 1. The molecule has 2 N–H and O–H groups in total. The highest BCUT2D eigenvalue weighted by molar-refractivity contribution is 9.10. The molecule has 0 bridgehead atoms. The van der Waals surface area contributed by atoms with Gasteiger partial charge >= 0.3 is 0 Å². The Kier molecular flexibility index (Phi) is 7.05. The van der Waals surface area contributed by atoms with Crippen molar-refractivity contribution in [3.8, 4) is 11.5 Å². The van der Waals surface area contributed by atoms with Crippen molar-refractivity contribution in [2.75, 3.05) is 19.7 Å². The number of rotatable bonds is 9. The predicted molar refractivity (Wildman–Crippen MR) is 117 cm³/mol. The summed E-state index contributed by atoms with van der Waals surface area (Å²) in [6.45, 7) is 4.67. The van der Waals surface area contributed by atoms with Crippen molar-refractivity contribution in [1.29, 1.82) is 0 Å². The zero-order valence-electron chi connectivity index (χ0n) is 16.9. The molecule has 2 aromatic rings. The Morgan fingerprint density at radius 1 is 1.17 bits per heavy atom. The molecule has 0 unspecified atom stereocenters. The summed E-state index contributed by atoms with van der Waals surface area (Å²) in [4.78, 5) is 12.1. The van der Waals surface area contributed by atoms with E-state index < -0.39 is 10.0 Å². The van der Waals surface area contributed by atoms with E-state index in [2.05, 4.69) is 26.0 Å². The second kappa shape index (κ2) is 9.36. The molecule has 1 aliphatic heterocycles. The zero-order chi connectivity index (χ0) is 21.8. The fraction of sp³-hybridized carbons (Fsp3) is 0.381. The van der Waals surface area contributed by atoms with Crippen molar-refractivity contribution >= 4 is 31.9 Å². The largest absolute Gasteiger partial charge is 0.488 e. The van der Waals surface area contributed by atoms with Gasteiger partial charge in [-0.25, -0.2) is 13.1 Å². The number of hydrogen-bond acceptors (Lipinski definition) is 5. The van der Waals surface area contributed by atoms with Crippen molar-refractivity contribution in [1.82, 2.24) is 10.0 Å². The van der Waals surface area contributed by atoms with Crippen LogP contribution in [0.25, 0.3) is 0 Å². The lowest BCUT2D eigenvalue weighted by Crippen LogP contribution is -2.32. The lowest BCUT2D eigenvalue weighted by atomic mass is 10.0. The summed E-state index contributed by atoms with van der Waals surface area (Å²) < 4.78 is 39.3. The van der Waals surface area contributed by atoms with Gasteiger partial charge in [0.15, 0.2) is 11.5 Å². The van der Waals surface area contributed by atoms with Gasteiger partial charge in [-0.2, -0.15) is 0 Å². The Bertz CT molecular complexity index is 1010. The van der Waals surface area contributed by atoms with Crippen LogP contribution >= 0.6 is 15.9 Å². The summed E-state index contributed by atoms with van der Waals surface area (Å²) in [5.41, 5.74) is 0.860. The number of benzene rings is 2. The second-order valence-corrected chi connectivity index (χ2v) is 10.3. The molecule has 1 aliphatic rings. The molecule has 2 aromatic carbocycles. The molecule has 9 heteroatoms. The molecule has 162 valence electrons. The molecule has 0 aromatic heterocycles. The van der Waals surface area contributed by atoms with Gasteiger partial charge in [0.05, 0.1) is 11.4 Å². The molecule has 0 fully saturated rings. The minimum atomic E-state index is -3.64. The number of para-hydroxylation sites is 1. The third-order valence-electron chi connectivity index (χ3n) is 4.50. The van der Waals surface area contributed by atoms with E-state index in [1.807, 2.05) is 32.0 Å². The Hall–Kier alpha value is -2.10. The molecule has 0 saturated heterocycles. The van der Waals surface area contributed by atoms with Crippen LogP contribution in [0.2, 0.25) is 0 Å². The first-order valence-corrected chi connectivity index (χ1v) is 11.9. The number of carbonyl (C=O) groups excluding carboxylic acids is 1. The third kappa shape index (κ3) is 5.96. The first-order chi connectivity index (χ1) is 14.2. The van der Waals surface area contributed by atoms with Gasteiger partial charge in [-0.1, -0.05) is 28.1 Å². The van der Waals surface area contributed by atoms with Crippen LogP contribution in [-0.2, 0) is 21.2 Å². The molecule has 0 radical (unpaired) electrons. The van der Waals surface area contributed by atoms with Crippen molar-refractivity contribution in [2.45, 2.75) is 37.2 Å². The zero-order valence-corrected chi connectivity index (χ0v) is 19.3. The van der Waals surface area contributed by atoms with Crippen LogP contribution in [-0.4, -0.2) is 39.6 Å². The molecular formula is C21H25BrN2O5S. The fourth-order valence-corrected chi connectivity index (χ4v) is 4.43. The number of ether oxygens (including phenoxy) is 2. The van der Waals surface area contributed by atoms with E-state index in [0.717, 1.165) is 22.2 Å². The molecular weight excluding hydrogens is 472 g/mol. The molecule has 3 rings (SSSR count). The van der Waals surface area contributed by atoms with Crippen LogP contribution in [0.3, 0.4) is 0 Å². The number of carbonyl (C=O) groups is 1. The molecule has 30 heavy (non-hydrogen) atoms. The average Bonchev–Trinajstić information content (AvgIpc) is 3.00. The molecule has 1 heterocycles. The predicted octanol–water partition coefficient (Wildman–Crippen LogP) is 3.03. The highest BCUT2D eigenvalue weighted by Gasteiger charge is 2.32. The maximum absolute atomic E-state index is 12.2. The smallest absolute Gasteiger partial charge is 0.240 e. The molecule has 0 saturated carbocycles. The third-order valence-corrected chi connectivity index (χ3v) is 6.51. The van der Waals surface area contributed by atoms with Gasteiger partial charge in [-0.15, -0.1) is 0 Å². The van der Waals surface area contributed by atoms with Gasteiger partial charge in [0.25, 0.3) is 0 Å². The number of amides is 1. The van der Waals surface area contributed by atoms with E-state index >= 15 is 0 Å². The Morgan fingerprint density at radius 3 is 2.63 bits per heavy atom. The monoisotopic (exact) mass is 496 g/mol. The van der Waals surface area contributed by atoms with Gasteiger partial charge in [0, 0.05) is 29.4 Å². The first kappa shape index (κ1) is 22.6. The molecule has 1 amide bonds. The quantitative estimate of drug-likeness (QED) is 0.520. The summed E-state index contributed by atoms with van der Waals surface area (Å²) in [6.07, 6.45) is 0.861. The van der Waals surface area contributed by atoms with E-state index in [-0.39, 0.29) is 36.0 Å². The standard InChI is InChI=1S/C21H25BrN2O5S/c1-21(2)14-15-4-3-5-18(20(15)29-21)28-13-12-23-19(25)10-11-24-30(26,27)17-8-6-16(22)7-9-17/h3-9,24H,10-14H2,1-2H3,(H,23,25). The van der Waals surface area contributed by atoms with Crippen molar-refractivity contribution in [3.05, 3.63) is 52.5 Å². The molecule has 0 spiro atoms. The van der Waals surface area contributed by atoms with Crippen molar-refractivity contribution in [2.24, 2.45) is 0 Å². The van der Waals surface area contributed by atoms with Gasteiger partial charge in [0.1, 0.15) is 12.2 Å². The SMILES string of the molecule is CC1(C)Cc2cccc(OCCNC(=O)CCNS(=O)(=O)c3ccc(Br)cc3)c2O1. The molecule has 0 atom stereocenters. The van der Waals surface area contributed by atoms with Crippen molar-refractivity contribution in [3.63, 3.8) is 0 Å². The Labute approximate surface area is 185 Å². The van der Waals surface area contributed by atoms with E-state index in [1.165, 1.54) is 12.1 Å². The van der Waals surface area contributed by atoms with Crippen LogP contribution in [0.4, 0.5) is 0 Å². The van der Waals surface area contributed by atoms with E-state index in [1.54, 1.807) is 12.1 Å². The van der Waals surface area contributed by atoms with E-state index in [4.69, 9.17) is 9.47 Å². The van der Waals surface area contributed by atoms with E-state index in [9.17, 15) is 13.2 Å². The van der Waals surface area contributed by atoms with Crippen LogP contribution in [0.5, 0.6) is 11.5 Å². The normalized spacial score (nSPS) is 14.6. The lowest BCUT2D eigenvalue weighted by Gasteiger charge is -2.18.